The molecule has 0 amide bonds. The van der Waals surface area contributed by atoms with E-state index in [0.717, 1.165) is 12.0 Å². The van der Waals surface area contributed by atoms with Gasteiger partial charge in [-0.1, -0.05) is 30.3 Å². The fourth-order valence-corrected chi connectivity index (χ4v) is 2.56. The van der Waals surface area contributed by atoms with Gasteiger partial charge < -0.3 is 4.74 Å². The third-order valence-corrected chi connectivity index (χ3v) is 3.56. The predicted octanol–water partition coefficient (Wildman–Crippen LogP) is 3.57. The van der Waals surface area contributed by atoms with Gasteiger partial charge >= 0.3 is 0 Å². The van der Waals surface area contributed by atoms with Crippen molar-refractivity contribution in [2.45, 2.75) is 25.9 Å². The van der Waals surface area contributed by atoms with Crippen LogP contribution in [0.1, 0.15) is 33.5 Å². The summed E-state index contributed by atoms with van der Waals surface area (Å²) in [5.74, 6) is 0.741. The molecule has 0 fully saturated rings. The first-order valence-electron chi connectivity index (χ1n) is 6.64. The number of carbonyl (C=O) groups is 1. The highest BCUT2D eigenvalue weighted by Crippen LogP contribution is 2.23. The van der Waals surface area contributed by atoms with Crippen LogP contribution in [0.3, 0.4) is 0 Å². The molecule has 0 saturated heterocycles. The molecule has 2 aromatic rings. The number of carbonyl (C=O) groups excluding carboxylic acids is 1. The van der Waals surface area contributed by atoms with Gasteiger partial charge in [0, 0.05) is 5.56 Å². The summed E-state index contributed by atoms with van der Waals surface area (Å²) in [5, 5.41) is 0. The van der Waals surface area contributed by atoms with Crippen LogP contribution in [0.2, 0.25) is 0 Å². The van der Waals surface area contributed by atoms with Crippen molar-refractivity contribution in [1.82, 2.24) is 0 Å². The first-order chi connectivity index (χ1) is 9.35. The van der Waals surface area contributed by atoms with Gasteiger partial charge in [0.25, 0.3) is 0 Å². The smallest absolute Gasteiger partial charge is 0.150 e. The summed E-state index contributed by atoms with van der Waals surface area (Å²) in [7, 11) is 0. The highest BCUT2D eigenvalue weighted by Gasteiger charge is 2.10. The third-order valence-electron chi connectivity index (χ3n) is 3.56. The molecule has 2 nitrogen and oxygen atoms in total. The summed E-state index contributed by atoms with van der Waals surface area (Å²) in [6.07, 6.45) is 4.49. The molecule has 96 valence electrons. The summed E-state index contributed by atoms with van der Waals surface area (Å²) in [4.78, 5) is 10.7. The van der Waals surface area contributed by atoms with Gasteiger partial charge in [-0.2, -0.15) is 0 Å². The van der Waals surface area contributed by atoms with Crippen molar-refractivity contribution >= 4 is 6.29 Å². The zero-order valence-corrected chi connectivity index (χ0v) is 10.8. The van der Waals surface area contributed by atoms with Crippen molar-refractivity contribution < 1.29 is 9.53 Å². The Labute approximate surface area is 113 Å². The average molecular weight is 252 g/mol. The van der Waals surface area contributed by atoms with E-state index in [9.17, 15) is 4.79 Å². The minimum Gasteiger partial charge on any atom is -0.489 e. The number of hydrogen-bond acceptors (Lipinski definition) is 2. The molecule has 2 aromatic carbocycles. The Morgan fingerprint density at radius 2 is 1.95 bits per heavy atom. The van der Waals surface area contributed by atoms with Crippen LogP contribution in [0.5, 0.6) is 5.75 Å². The van der Waals surface area contributed by atoms with E-state index < -0.39 is 0 Å². The molecule has 0 heterocycles. The lowest BCUT2D eigenvalue weighted by atomic mass is 10.1. The number of fused-ring (bicyclic) bond motifs is 1. The summed E-state index contributed by atoms with van der Waals surface area (Å²) < 4.78 is 5.74. The van der Waals surface area contributed by atoms with Crippen molar-refractivity contribution in [3.8, 4) is 5.75 Å². The Morgan fingerprint density at radius 3 is 2.84 bits per heavy atom. The Morgan fingerprint density at radius 1 is 1.05 bits per heavy atom. The van der Waals surface area contributed by atoms with Crippen molar-refractivity contribution in [1.29, 1.82) is 0 Å². The molecule has 1 aliphatic rings. The fourth-order valence-electron chi connectivity index (χ4n) is 2.56. The Kier molecular flexibility index (Phi) is 3.32. The molecule has 2 heteroatoms. The van der Waals surface area contributed by atoms with Crippen LogP contribution < -0.4 is 4.74 Å². The van der Waals surface area contributed by atoms with Gasteiger partial charge in [-0.15, -0.1) is 0 Å². The van der Waals surface area contributed by atoms with Crippen LogP contribution in [-0.2, 0) is 19.4 Å². The molecular formula is C17H16O2. The first kappa shape index (κ1) is 12.0. The van der Waals surface area contributed by atoms with Crippen LogP contribution in [0.4, 0.5) is 0 Å². The highest BCUT2D eigenvalue weighted by molar-refractivity contribution is 5.75. The maximum atomic E-state index is 10.7. The van der Waals surface area contributed by atoms with Crippen molar-refractivity contribution in [3.05, 3.63) is 64.7 Å². The molecule has 0 aromatic heterocycles. The summed E-state index contributed by atoms with van der Waals surface area (Å²) >= 11 is 0. The van der Waals surface area contributed by atoms with E-state index in [0.29, 0.717) is 12.2 Å². The first-order valence-corrected chi connectivity index (χ1v) is 6.64. The van der Waals surface area contributed by atoms with E-state index in [1.54, 1.807) is 12.1 Å². The van der Waals surface area contributed by atoms with Gasteiger partial charge in [0.2, 0.25) is 0 Å². The number of aryl methyl sites for hydroxylation is 2. The van der Waals surface area contributed by atoms with Crippen LogP contribution in [-0.4, -0.2) is 6.29 Å². The number of ether oxygens (including phenoxy) is 1. The second kappa shape index (κ2) is 5.27. The Hall–Kier alpha value is -2.09. The second-order valence-electron chi connectivity index (χ2n) is 4.94. The molecule has 0 saturated carbocycles. The van der Waals surface area contributed by atoms with E-state index in [1.807, 2.05) is 12.1 Å². The number of benzene rings is 2. The largest absolute Gasteiger partial charge is 0.489 e. The van der Waals surface area contributed by atoms with Gasteiger partial charge in [0.05, 0.1) is 0 Å². The Bertz CT molecular complexity index is 602. The molecule has 1 aliphatic carbocycles. The average Bonchev–Trinajstić information content (AvgIpc) is 2.93. The molecule has 0 atom stereocenters. The van der Waals surface area contributed by atoms with Gasteiger partial charge in [-0.25, -0.2) is 0 Å². The molecule has 3 rings (SSSR count). The number of hydrogen-bond donors (Lipinski definition) is 0. The van der Waals surface area contributed by atoms with Crippen LogP contribution >= 0.6 is 0 Å². The van der Waals surface area contributed by atoms with Crippen LogP contribution in [0, 0.1) is 0 Å². The van der Waals surface area contributed by atoms with Crippen molar-refractivity contribution in [2.75, 3.05) is 0 Å². The monoisotopic (exact) mass is 252 g/mol. The van der Waals surface area contributed by atoms with E-state index in [-0.39, 0.29) is 0 Å². The molecule has 19 heavy (non-hydrogen) atoms. The SMILES string of the molecule is O=Cc1cccc(OCc2ccc3c(c2)CCC3)c1. The zero-order valence-electron chi connectivity index (χ0n) is 10.8. The van der Waals surface area contributed by atoms with Gasteiger partial charge in [0.15, 0.2) is 0 Å². The maximum Gasteiger partial charge on any atom is 0.150 e. The quantitative estimate of drug-likeness (QED) is 0.778. The zero-order chi connectivity index (χ0) is 13.1. The lowest BCUT2D eigenvalue weighted by Crippen LogP contribution is -1.97. The third kappa shape index (κ3) is 2.68. The standard InChI is InChI=1S/C17H16O2/c18-11-13-3-1-6-17(10-13)19-12-14-7-8-15-4-2-5-16(15)9-14/h1,3,6-11H,2,4-5,12H2. The Balaban J connectivity index is 1.70. The molecule has 0 aliphatic heterocycles. The molecule has 0 bridgehead atoms. The highest BCUT2D eigenvalue weighted by atomic mass is 16.5. The molecular weight excluding hydrogens is 236 g/mol. The topological polar surface area (TPSA) is 26.3 Å². The van der Waals surface area contributed by atoms with E-state index >= 15 is 0 Å². The van der Waals surface area contributed by atoms with Crippen molar-refractivity contribution in [3.63, 3.8) is 0 Å². The van der Waals surface area contributed by atoms with Gasteiger partial charge in [-0.3, -0.25) is 4.79 Å². The van der Waals surface area contributed by atoms with Gasteiger partial charge in [-0.05, 0) is 48.1 Å². The normalized spacial score (nSPS) is 13.1. The summed E-state index contributed by atoms with van der Waals surface area (Å²) in [5.41, 5.74) is 4.78. The minimum absolute atomic E-state index is 0.551. The number of aldehydes is 1. The molecule has 0 radical (unpaired) electrons. The van der Waals surface area contributed by atoms with Crippen molar-refractivity contribution in [2.24, 2.45) is 0 Å². The predicted molar refractivity (Wildman–Crippen MR) is 74.6 cm³/mol. The van der Waals surface area contributed by atoms with Gasteiger partial charge in [0.1, 0.15) is 18.6 Å². The second-order valence-corrected chi connectivity index (χ2v) is 4.94. The molecule has 0 N–H and O–H groups in total. The van der Waals surface area contributed by atoms with E-state index in [2.05, 4.69) is 18.2 Å². The van der Waals surface area contributed by atoms with Crippen LogP contribution in [0.25, 0.3) is 0 Å². The lowest BCUT2D eigenvalue weighted by molar-refractivity contribution is 0.112. The van der Waals surface area contributed by atoms with E-state index in [1.165, 1.54) is 36.0 Å². The molecule has 0 unspecified atom stereocenters. The van der Waals surface area contributed by atoms with Crippen LogP contribution in [0.15, 0.2) is 42.5 Å². The summed E-state index contributed by atoms with van der Waals surface area (Å²) in [6.45, 7) is 0.551. The molecule has 0 spiro atoms. The maximum absolute atomic E-state index is 10.7. The number of rotatable bonds is 4. The van der Waals surface area contributed by atoms with E-state index in [4.69, 9.17) is 4.74 Å². The summed E-state index contributed by atoms with van der Waals surface area (Å²) in [6, 6.07) is 13.8. The fraction of sp³-hybridized carbons (Fsp3) is 0.235. The lowest BCUT2D eigenvalue weighted by Gasteiger charge is -2.08. The minimum atomic E-state index is 0.551.